The van der Waals surface area contributed by atoms with Crippen LogP contribution in [0.3, 0.4) is 0 Å². The molecule has 0 fully saturated rings. The smallest absolute Gasteiger partial charge is 0.418 e. The van der Waals surface area contributed by atoms with Gasteiger partial charge in [0, 0.05) is 0 Å². The molecular weight excluding hydrogens is 247 g/mol. The maximum Gasteiger partial charge on any atom is 0.673 e. The molecule has 0 radical (unpaired) electrons. The van der Waals surface area contributed by atoms with Crippen LogP contribution in [0.4, 0.5) is 17.3 Å². The minimum atomic E-state index is -6.00. The molecular formula is C11H15BF4N2. The van der Waals surface area contributed by atoms with Crippen molar-refractivity contribution in [2.24, 2.45) is 0 Å². The summed E-state index contributed by atoms with van der Waals surface area (Å²) in [5.74, 6) is 0. The first-order valence-electron chi connectivity index (χ1n) is 5.55. The van der Waals surface area contributed by atoms with E-state index in [0.717, 1.165) is 19.6 Å². The summed E-state index contributed by atoms with van der Waals surface area (Å²) in [5.41, 5.74) is 1.38. The second-order valence-corrected chi connectivity index (χ2v) is 4.05. The summed E-state index contributed by atoms with van der Waals surface area (Å²) in [4.78, 5) is 2.34. The Balaban J connectivity index is 0.000000280. The van der Waals surface area contributed by atoms with Crippen molar-refractivity contribution < 1.29 is 21.8 Å². The van der Waals surface area contributed by atoms with E-state index in [2.05, 4.69) is 53.2 Å². The van der Waals surface area contributed by atoms with Gasteiger partial charge in [-0.3, -0.25) is 9.48 Å². The van der Waals surface area contributed by atoms with Gasteiger partial charge in [0.25, 0.3) is 0 Å². The fourth-order valence-electron chi connectivity index (χ4n) is 1.62. The monoisotopic (exact) mass is 262 g/mol. The first-order chi connectivity index (χ1) is 8.34. The standard InChI is InChI=1S/C11H15N2.BF4/c1-12-7-8-13(10-12)9-11-5-3-2-4-6-11;2-1(3,4)5/h2-6,10H,7-9H2,1H3;/q+1;-1. The van der Waals surface area contributed by atoms with Crippen molar-refractivity contribution in [3.8, 4) is 0 Å². The van der Waals surface area contributed by atoms with Crippen LogP contribution in [0.2, 0.25) is 0 Å². The van der Waals surface area contributed by atoms with Crippen molar-refractivity contribution in [2.45, 2.75) is 6.54 Å². The quantitative estimate of drug-likeness (QED) is 0.451. The summed E-state index contributed by atoms with van der Waals surface area (Å²) in [5, 5.41) is 0. The molecule has 0 saturated heterocycles. The maximum atomic E-state index is 9.75. The topological polar surface area (TPSA) is 6.25 Å². The molecule has 1 aliphatic rings. The number of likely N-dealkylation sites (N-methyl/N-ethyl adjacent to an activating group) is 1. The Morgan fingerprint density at radius 1 is 1.17 bits per heavy atom. The van der Waals surface area contributed by atoms with Crippen molar-refractivity contribution in [2.75, 3.05) is 20.1 Å². The third kappa shape index (κ3) is 6.93. The predicted octanol–water partition coefficient (Wildman–Crippen LogP) is 2.47. The number of hydrogen-bond acceptors (Lipinski definition) is 1. The van der Waals surface area contributed by atoms with Gasteiger partial charge in [-0.05, 0) is 5.56 Å². The van der Waals surface area contributed by atoms with Crippen LogP contribution >= 0.6 is 0 Å². The number of rotatable bonds is 2. The molecule has 7 heteroatoms. The molecule has 18 heavy (non-hydrogen) atoms. The zero-order valence-electron chi connectivity index (χ0n) is 10.1. The van der Waals surface area contributed by atoms with Crippen molar-refractivity contribution >= 4 is 13.6 Å². The van der Waals surface area contributed by atoms with Crippen LogP contribution in [-0.2, 0) is 6.54 Å². The van der Waals surface area contributed by atoms with Gasteiger partial charge in [0.05, 0.1) is 7.05 Å². The van der Waals surface area contributed by atoms with Gasteiger partial charge >= 0.3 is 7.25 Å². The lowest BCUT2D eigenvalue weighted by atomic mass is 10.2. The van der Waals surface area contributed by atoms with Gasteiger partial charge < -0.3 is 17.3 Å². The summed E-state index contributed by atoms with van der Waals surface area (Å²) in [6.07, 6.45) is 2.19. The van der Waals surface area contributed by atoms with E-state index in [1.54, 1.807) is 0 Å². The van der Waals surface area contributed by atoms with E-state index >= 15 is 0 Å². The molecule has 0 atom stereocenters. The highest BCUT2D eigenvalue weighted by Gasteiger charge is 2.20. The van der Waals surface area contributed by atoms with Crippen LogP contribution < -0.4 is 0 Å². The van der Waals surface area contributed by atoms with Gasteiger partial charge in [0.1, 0.15) is 19.6 Å². The van der Waals surface area contributed by atoms with Gasteiger partial charge in [0.2, 0.25) is 6.34 Å². The molecule has 0 N–H and O–H groups in total. The summed E-state index contributed by atoms with van der Waals surface area (Å²) >= 11 is 0. The normalized spacial score (nSPS) is 14.9. The van der Waals surface area contributed by atoms with Crippen LogP contribution in [-0.4, -0.2) is 43.2 Å². The molecule has 1 aliphatic heterocycles. The average Bonchev–Trinajstić information content (AvgIpc) is 2.63. The van der Waals surface area contributed by atoms with Crippen LogP contribution in [0, 0.1) is 0 Å². The number of nitrogens with zero attached hydrogens (tertiary/aromatic N) is 2. The van der Waals surface area contributed by atoms with E-state index < -0.39 is 7.25 Å². The molecule has 1 heterocycles. The number of halogens is 4. The molecule has 0 amide bonds. The molecule has 1 aromatic carbocycles. The summed E-state index contributed by atoms with van der Waals surface area (Å²) in [7, 11) is -3.88. The predicted molar refractivity (Wildman–Crippen MR) is 64.2 cm³/mol. The van der Waals surface area contributed by atoms with Crippen molar-refractivity contribution in [1.29, 1.82) is 0 Å². The van der Waals surface area contributed by atoms with Crippen LogP contribution in [0.25, 0.3) is 0 Å². The Bertz CT molecular complexity index is 386. The summed E-state index contributed by atoms with van der Waals surface area (Å²) in [6, 6.07) is 10.6. The third-order valence-electron chi connectivity index (χ3n) is 2.33. The van der Waals surface area contributed by atoms with Gasteiger partial charge in [-0.1, -0.05) is 30.3 Å². The molecule has 1 aromatic rings. The highest BCUT2D eigenvalue weighted by Crippen LogP contribution is 2.06. The Kier molecular flexibility index (Phi) is 5.18. The Morgan fingerprint density at radius 2 is 1.72 bits per heavy atom. The Morgan fingerprint density at radius 3 is 2.17 bits per heavy atom. The molecule has 100 valence electrons. The van der Waals surface area contributed by atoms with Crippen LogP contribution in [0.15, 0.2) is 30.3 Å². The molecule has 0 aliphatic carbocycles. The lowest BCUT2D eigenvalue weighted by Crippen LogP contribution is -2.18. The molecule has 0 bridgehead atoms. The minimum Gasteiger partial charge on any atom is -0.418 e. The van der Waals surface area contributed by atoms with Crippen molar-refractivity contribution in [3.05, 3.63) is 35.9 Å². The maximum absolute atomic E-state index is 9.75. The molecule has 0 aromatic heterocycles. The second-order valence-electron chi connectivity index (χ2n) is 4.05. The van der Waals surface area contributed by atoms with E-state index in [-0.39, 0.29) is 0 Å². The van der Waals surface area contributed by atoms with Gasteiger partial charge in [-0.2, -0.15) is 0 Å². The molecule has 2 rings (SSSR count). The summed E-state index contributed by atoms with van der Waals surface area (Å²) < 4.78 is 41.2. The fraction of sp³-hybridized carbons (Fsp3) is 0.364. The van der Waals surface area contributed by atoms with E-state index in [4.69, 9.17) is 0 Å². The lowest BCUT2D eigenvalue weighted by Gasteiger charge is -2.05. The molecule has 0 spiro atoms. The van der Waals surface area contributed by atoms with Gasteiger partial charge in [0.15, 0.2) is 0 Å². The van der Waals surface area contributed by atoms with E-state index in [1.165, 1.54) is 5.56 Å². The minimum absolute atomic E-state index is 1.03. The fourth-order valence-corrected chi connectivity index (χ4v) is 1.62. The van der Waals surface area contributed by atoms with E-state index in [9.17, 15) is 17.3 Å². The average molecular weight is 262 g/mol. The highest BCUT2D eigenvalue weighted by molar-refractivity contribution is 6.50. The molecule has 2 nitrogen and oxygen atoms in total. The van der Waals surface area contributed by atoms with Gasteiger partial charge in [-0.15, -0.1) is 0 Å². The number of benzene rings is 1. The highest BCUT2D eigenvalue weighted by atomic mass is 19.5. The number of hydrogen-bond donors (Lipinski definition) is 0. The first-order valence-corrected chi connectivity index (χ1v) is 5.55. The molecule has 0 unspecified atom stereocenters. The third-order valence-corrected chi connectivity index (χ3v) is 2.33. The summed E-state index contributed by atoms with van der Waals surface area (Å²) in [6.45, 7) is 3.32. The SMILES string of the molecule is C[N+]1=CN(Cc2ccccc2)CC1.F[B-](F)(F)F. The van der Waals surface area contributed by atoms with Crippen molar-refractivity contribution in [3.63, 3.8) is 0 Å². The molecule has 0 saturated carbocycles. The largest absolute Gasteiger partial charge is 0.673 e. The Hall–Kier alpha value is -1.53. The van der Waals surface area contributed by atoms with E-state index in [0.29, 0.717) is 0 Å². The van der Waals surface area contributed by atoms with Crippen molar-refractivity contribution in [1.82, 2.24) is 4.90 Å². The first kappa shape index (κ1) is 14.5. The zero-order chi connectivity index (χ0) is 13.6. The Labute approximate surface area is 104 Å². The second kappa shape index (κ2) is 6.42. The van der Waals surface area contributed by atoms with Crippen LogP contribution in [0.5, 0.6) is 0 Å². The van der Waals surface area contributed by atoms with Crippen LogP contribution in [0.1, 0.15) is 5.56 Å². The van der Waals surface area contributed by atoms with E-state index in [1.807, 2.05) is 0 Å². The zero-order valence-corrected chi connectivity index (χ0v) is 10.1. The van der Waals surface area contributed by atoms with Gasteiger partial charge in [-0.25, -0.2) is 0 Å². The lowest BCUT2D eigenvalue weighted by molar-refractivity contribution is -0.482.